The van der Waals surface area contributed by atoms with Crippen molar-refractivity contribution in [1.82, 2.24) is 19.7 Å². The lowest BCUT2D eigenvalue weighted by molar-refractivity contribution is -0.147. The third kappa shape index (κ3) is 4.33. The molecule has 1 aliphatic heterocycles. The van der Waals surface area contributed by atoms with E-state index in [0.717, 1.165) is 11.0 Å². The predicted molar refractivity (Wildman–Crippen MR) is 89.4 cm³/mol. The topological polar surface area (TPSA) is 124 Å². The van der Waals surface area contributed by atoms with Crippen LogP contribution in [0.15, 0.2) is 18.5 Å². The van der Waals surface area contributed by atoms with E-state index in [4.69, 9.17) is 19.4 Å². The summed E-state index contributed by atoms with van der Waals surface area (Å²) in [6.45, 7) is 1.10. The van der Waals surface area contributed by atoms with E-state index < -0.39 is 5.92 Å². The Morgan fingerprint density at radius 3 is 2.85 bits per heavy atom. The molecule has 2 aromatic heterocycles. The molecule has 1 fully saturated rings. The van der Waals surface area contributed by atoms with E-state index >= 15 is 0 Å². The van der Waals surface area contributed by atoms with Crippen LogP contribution >= 0.6 is 0 Å². The minimum atomic E-state index is -0.472. The summed E-state index contributed by atoms with van der Waals surface area (Å²) in [6, 6.07) is 1.76. The Bertz CT molecular complexity index is 790. The SMILES string of the molecule is COC(=O)C1COCCN(C(=O)c2cnc3cnn(C)c3c2)C1.O=CO. The number of ether oxygens (including phenoxy) is 2. The Hall–Kier alpha value is -3.01. The number of nitrogens with zero attached hydrogens (tertiary/aromatic N) is 4. The maximum atomic E-state index is 12.7. The number of hydrogen-bond acceptors (Lipinski definition) is 7. The molecule has 1 unspecified atom stereocenters. The minimum absolute atomic E-state index is 0.181. The summed E-state index contributed by atoms with van der Waals surface area (Å²) in [4.78, 5) is 38.7. The Balaban J connectivity index is 0.000000758. The van der Waals surface area contributed by atoms with Crippen molar-refractivity contribution in [2.75, 3.05) is 33.4 Å². The molecule has 0 radical (unpaired) electrons. The van der Waals surface area contributed by atoms with Gasteiger partial charge in [-0.05, 0) is 6.07 Å². The zero-order valence-electron chi connectivity index (χ0n) is 14.5. The van der Waals surface area contributed by atoms with Gasteiger partial charge < -0.3 is 19.5 Å². The molecule has 0 spiro atoms. The van der Waals surface area contributed by atoms with E-state index in [2.05, 4.69) is 10.1 Å². The smallest absolute Gasteiger partial charge is 0.312 e. The molecule has 1 amide bonds. The molecule has 0 aliphatic carbocycles. The quantitative estimate of drug-likeness (QED) is 0.580. The molecule has 140 valence electrons. The second kappa shape index (κ2) is 8.90. The highest BCUT2D eigenvalue weighted by Crippen LogP contribution is 2.16. The van der Waals surface area contributed by atoms with Gasteiger partial charge in [-0.1, -0.05) is 0 Å². The average molecular weight is 364 g/mol. The highest BCUT2D eigenvalue weighted by Gasteiger charge is 2.28. The third-order valence-electron chi connectivity index (χ3n) is 3.93. The van der Waals surface area contributed by atoms with Crippen molar-refractivity contribution < 1.29 is 29.0 Å². The van der Waals surface area contributed by atoms with Crippen LogP contribution in [-0.2, 0) is 26.1 Å². The largest absolute Gasteiger partial charge is 0.483 e. The lowest BCUT2D eigenvalue weighted by Gasteiger charge is -2.22. The Morgan fingerprint density at radius 2 is 2.15 bits per heavy atom. The number of pyridine rings is 1. The number of carbonyl (C=O) groups is 3. The third-order valence-corrected chi connectivity index (χ3v) is 3.93. The summed E-state index contributed by atoms with van der Waals surface area (Å²) in [5, 5.41) is 11.0. The fourth-order valence-electron chi connectivity index (χ4n) is 2.63. The van der Waals surface area contributed by atoms with E-state index in [9.17, 15) is 9.59 Å². The first-order chi connectivity index (χ1) is 12.5. The van der Waals surface area contributed by atoms with Gasteiger partial charge in [-0.15, -0.1) is 0 Å². The van der Waals surface area contributed by atoms with Crippen molar-refractivity contribution in [3.8, 4) is 0 Å². The van der Waals surface area contributed by atoms with E-state index in [1.54, 1.807) is 28.9 Å². The monoisotopic (exact) mass is 364 g/mol. The van der Waals surface area contributed by atoms with Crippen molar-refractivity contribution >= 4 is 29.4 Å². The molecule has 1 N–H and O–H groups in total. The molecular weight excluding hydrogens is 344 g/mol. The number of carbonyl (C=O) groups excluding carboxylic acids is 2. The second-order valence-corrected chi connectivity index (χ2v) is 5.55. The Morgan fingerprint density at radius 1 is 1.42 bits per heavy atom. The van der Waals surface area contributed by atoms with Gasteiger partial charge in [-0.25, -0.2) is 0 Å². The molecule has 26 heavy (non-hydrogen) atoms. The number of carboxylic acid groups (broad SMARTS) is 1. The van der Waals surface area contributed by atoms with Crippen molar-refractivity contribution in [1.29, 1.82) is 0 Å². The van der Waals surface area contributed by atoms with Gasteiger partial charge >= 0.3 is 5.97 Å². The molecule has 1 saturated heterocycles. The van der Waals surface area contributed by atoms with Crippen LogP contribution in [0.25, 0.3) is 11.0 Å². The van der Waals surface area contributed by atoms with Crippen LogP contribution in [-0.4, -0.2) is 76.5 Å². The summed E-state index contributed by atoms with van der Waals surface area (Å²) in [6.07, 6.45) is 3.18. The summed E-state index contributed by atoms with van der Waals surface area (Å²) in [7, 11) is 3.13. The highest BCUT2D eigenvalue weighted by atomic mass is 16.5. The number of methoxy groups -OCH3 is 1. The number of amides is 1. The molecule has 0 bridgehead atoms. The maximum Gasteiger partial charge on any atom is 0.312 e. The van der Waals surface area contributed by atoms with Gasteiger partial charge in [0.2, 0.25) is 0 Å². The van der Waals surface area contributed by atoms with Gasteiger partial charge in [0.15, 0.2) is 0 Å². The van der Waals surface area contributed by atoms with Gasteiger partial charge in [0, 0.05) is 26.3 Å². The predicted octanol–water partition coefficient (Wildman–Crippen LogP) is -0.0693. The number of fused-ring (bicyclic) bond motifs is 1. The molecule has 10 heteroatoms. The fourth-order valence-corrected chi connectivity index (χ4v) is 2.63. The van der Waals surface area contributed by atoms with Gasteiger partial charge in [0.05, 0.1) is 43.5 Å². The number of rotatable bonds is 2. The summed E-state index contributed by atoms with van der Waals surface area (Å²) in [5.74, 6) is -1.02. The molecule has 3 rings (SSSR count). The van der Waals surface area contributed by atoms with Crippen LogP contribution in [0.4, 0.5) is 0 Å². The van der Waals surface area contributed by atoms with Crippen LogP contribution in [0.1, 0.15) is 10.4 Å². The van der Waals surface area contributed by atoms with Crippen LogP contribution in [0.2, 0.25) is 0 Å². The van der Waals surface area contributed by atoms with Gasteiger partial charge in [0.25, 0.3) is 12.4 Å². The van der Waals surface area contributed by atoms with Crippen LogP contribution in [0, 0.1) is 5.92 Å². The Labute approximate surface area is 149 Å². The lowest BCUT2D eigenvalue weighted by atomic mass is 10.1. The average Bonchev–Trinajstić information content (AvgIpc) is 2.86. The first kappa shape index (κ1) is 19.3. The standard InChI is InChI=1S/C15H18N4O4.CH2O2/c1-18-13-5-10(6-16-12(13)7-17-18)14(20)19-3-4-23-9-11(8-19)15(21)22-2;2-1-3/h5-7,11H,3-4,8-9H2,1-2H3;1H,(H,2,3). The molecule has 10 nitrogen and oxygen atoms in total. The zero-order chi connectivity index (χ0) is 19.1. The van der Waals surface area contributed by atoms with Crippen molar-refractivity contribution in [2.45, 2.75) is 0 Å². The van der Waals surface area contributed by atoms with Crippen LogP contribution in [0.3, 0.4) is 0 Å². The van der Waals surface area contributed by atoms with E-state index in [1.165, 1.54) is 13.3 Å². The molecule has 0 aromatic carbocycles. The van der Waals surface area contributed by atoms with Gasteiger partial charge in [-0.3, -0.25) is 24.0 Å². The van der Waals surface area contributed by atoms with Crippen LogP contribution in [0.5, 0.6) is 0 Å². The van der Waals surface area contributed by atoms with Crippen LogP contribution < -0.4 is 0 Å². The molecule has 1 aliphatic rings. The molecular formula is C16H20N4O6. The first-order valence-electron chi connectivity index (χ1n) is 7.82. The molecule has 0 saturated carbocycles. The number of aromatic nitrogens is 3. The number of esters is 1. The summed E-state index contributed by atoms with van der Waals surface area (Å²) in [5.41, 5.74) is 1.98. The fraction of sp³-hybridized carbons (Fsp3) is 0.438. The molecule has 2 aromatic rings. The number of hydrogen-bond donors (Lipinski definition) is 1. The minimum Gasteiger partial charge on any atom is -0.483 e. The Kier molecular flexibility index (Phi) is 6.61. The van der Waals surface area contributed by atoms with E-state index in [0.29, 0.717) is 18.7 Å². The molecule has 1 atom stereocenters. The highest BCUT2D eigenvalue weighted by molar-refractivity contribution is 5.97. The molecule has 3 heterocycles. The number of aryl methyl sites for hydroxylation is 1. The lowest BCUT2D eigenvalue weighted by Crippen LogP contribution is -2.38. The van der Waals surface area contributed by atoms with Gasteiger partial charge in [0.1, 0.15) is 5.52 Å². The second-order valence-electron chi connectivity index (χ2n) is 5.55. The summed E-state index contributed by atoms with van der Waals surface area (Å²) < 4.78 is 11.8. The normalized spacial score (nSPS) is 17.0. The van der Waals surface area contributed by atoms with E-state index in [-0.39, 0.29) is 31.5 Å². The maximum absolute atomic E-state index is 12.7. The first-order valence-corrected chi connectivity index (χ1v) is 7.82. The van der Waals surface area contributed by atoms with Crippen molar-refractivity contribution in [3.63, 3.8) is 0 Å². The summed E-state index contributed by atoms with van der Waals surface area (Å²) >= 11 is 0. The zero-order valence-corrected chi connectivity index (χ0v) is 14.5. The van der Waals surface area contributed by atoms with E-state index in [1.807, 2.05) is 0 Å². The van der Waals surface area contributed by atoms with Crippen molar-refractivity contribution in [2.24, 2.45) is 13.0 Å². The van der Waals surface area contributed by atoms with Crippen molar-refractivity contribution in [3.05, 3.63) is 24.0 Å². The van der Waals surface area contributed by atoms with Gasteiger partial charge in [-0.2, -0.15) is 5.10 Å².